The van der Waals surface area contributed by atoms with Gasteiger partial charge in [-0.25, -0.2) is 0 Å². The molecule has 4 rings (SSSR count). The molecule has 2 aliphatic heterocycles. The van der Waals surface area contributed by atoms with E-state index in [0.717, 1.165) is 63.2 Å². The first-order valence-electron chi connectivity index (χ1n) is 10.9. The number of amides is 1. The number of pyridine rings is 1. The van der Waals surface area contributed by atoms with Crippen molar-refractivity contribution in [1.82, 2.24) is 15.2 Å². The molecule has 30 heavy (non-hydrogen) atoms. The predicted octanol–water partition coefficient (Wildman–Crippen LogP) is 2.54. The van der Waals surface area contributed by atoms with Crippen molar-refractivity contribution in [3.8, 4) is 11.1 Å². The smallest absolute Gasteiger partial charge is 0.226 e. The summed E-state index contributed by atoms with van der Waals surface area (Å²) >= 11 is 0. The van der Waals surface area contributed by atoms with Gasteiger partial charge in [-0.05, 0) is 48.1 Å². The van der Waals surface area contributed by atoms with Crippen LogP contribution in [0.15, 0.2) is 48.8 Å². The average molecular weight is 410 g/mol. The molecule has 0 radical (unpaired) electrons. The second-order valence-electron chi connectivity index (χ2n) is 8.21. The minimum Gasteiger partial charge on any atom is -0.381 e. The molecule has 0 bridgehead atoms. The predicted molar refractivity (Wildman–Crippen MR) is 116 cm³/mol. The first kappa shape index (κ1) is 21.0. The first-order chi connectivity index (χ1) is 14.8. The second kappa shape index (κ2) is 10.2. The van der Waals surface area contributed by atoms with Crippen LogP contribution in [-0.2, 0) is 20.7 Å². The molecule has 0 spiro atoms. The fourth-order valence-corrected chi connectivity index (χ4v) is 4.34. The van der Waals surface area contributed by atoms with E-state index in [1.54, 1.807) is 0 Å². The van der Waals surface area contributed by atoms with Gasteiger partial charge in [0.2, 0.25) is 5.91 Å². The van der Waals surface area contributed by atoms with Crippen LogP contribution in [0.4, 0.5) is 0 Å². The highest BCUT2D eigenvalue weighted by molar-refractivity contribution is 5.83. The summed E-state index contributed by atoms with van der Waals surface area (Å²) in [5, 5.41) is 3.21. The monoisotopic (exact) mass is 409 g/mol. The van der Waals surface area contributed by atoms with E-state index < -0.39 is 0 Å². The zero-order chi connectivity index (χ0) is 20.7. The third-order valence-electron chi connectivity index (χ3n) is 6.26. The quantitative estimate of drug-likeness (QED) is 0.761. The molecule has 6 heteroatoms. The zero-order valence-corrected chi connectivity index (χ0v) is 17.5. The van der Waals surface area contributed by atoms with Crippen LogP contribution in [0.1, 0.15) is 18.4 Å². The van der Waals surface area contributed by atoms with Crippen LogP contribution in [0.25, 0.3) is 11.1 Å². The fraction of sp³-hybridized carbons (Fsp3) is 0.500. The SMILES string of the molecule is O=C(NCCN1CCOCC1)C1(Cc2ccc(-c3ccncc3)cc2)CCOCC1. The second-order valence-corrected chi connectivity index (χ2v) is 8.21. The van der Waals surface area contributed by atoms with E-state index in [-0.39, 0.29) is 11.3 Å². The minimum absolute atomic E-state index is 0.164. The van der Waals surface area contributed by atoms with Gasteiger partial charge >= 0.3 is 0 Å². The van der Waals surface area contributed by atoms with Crippen LogP contribution < -0.4 is 5.32 Å². The highest BCUT2D eigenvalue weighted by atomic mass is 16.5. The molecule has 1 N–H and O–H groups in total. The summed E-state index contributed by atoms with van der Waals surface area (Å²) in [5.41, 5.74) is 3.12. The summed E-state index contributed by atoms with van der Waals surface area (Å²) in [4.78, 5) is 19.7. The lowest BCUT2D eigenvalue weighted by Crippen LogP contribution is -2.48. The number of hydrogen-bond acceptors (Lipinski definition) is 5. The van der Waals surface area contributed by atoms with Crippen LogP contribution in [0.3, 0.4) is 0 Å². The first-order valence-corrected chi connectivity index (χ1v) is 10.9. The molecule has 0 atom stereocenters. The van der Waals surface area contributed by atoms with Crippen molar-refractivity contribution < 1.29 is 14.3 Å². The summed E-state index contributed by atoms with van der Waals surface area (Å²) in [7, 11) is 0. The van der Waals surface area contributed by atoms with Gasteiger partial charge < -0.3 is 14.8 Å². The van der Waals surface area contributed by atoms with Crippen molar-refractivity contribution in [2.45, 2.75) is 19.3 Å². The minimum atomic E-state index is -0.387. The number of benzene rings is 1. The van der Waals surface area contributed by atoms with E-state index in [1.807, 2.05) is 24.5 Å². The van der Waals surface area contributed by atoms with Gasteiger partial charge in [-0.1, -0.05) is 24.3 Å². The van der Waals surface area contributed by atoms with E-state index >= 15 is 0 Å². The number of carbonyl (C=O) groups excluding carboxylic acids is 1. The van der Waals surface area contributed by atoms with Crippen molar-refractivity contribution in [2.75, 3.05) is 52.6 Å². The summed E-state index contributed by atoms with van der Waals surface area (Å²) in [6, 6.07) is 12.6. The Balaban J connectivity index is 1.39. The average Bonchev–Trinajstić information content (AvgIpc) is 2.81. The Bertz CT molecular complexity index is 798. The number of hydrogen-bond donors (Lipinski definition) is 1. The molecular weight excluding hydrogens is 378 g/mol. The topological polar surface area (TPSA) is 63.7 Å². The third kappa shape index (κ3) is 5.25. The molecule has 2 fully saturated rings. The summed E-state index contributed by atoms with van der Waals surface area (Å²) < 4.78 is 11.0. The lowest BCUT2D eigenvalue weighted by molar-refractivity contribution is -0.136. The highest BCUT2D eigenvalue weighted by Gasteiger charge is 2.39. The molecule has 1 aromatic heterocycles. The Morgan fingerprint density at radius 1 is 0.933 bits per heavy atom. The maximum Gasteiger partial charge on any atom is 0.226 e. The van der Waals surface area contributed by atoms with Gasteiger partial charge in [-0.15, -0.1) is 0 Å². The van der Waals surface area contributed by atoms with E-state index in [0.29, 0.717) is 19.8 Å². The van der Waals surface area contributed by atoms with Gasteiger partial charge in [0, 0.05) is 51.8 Å². The molecule has 3 heterocycles. The normalized spacial score (nSPS) is 19.3. The third-order valence-corrected chi connectivity index (χ3v) is 6.26. The maximum atomic E-state index is 13.2. The number of nitrogens with one attached hydrogen (secondary N) is 1. The molecule has 6 nitrogen and oxygen atoms in total. The van der Waals surface area contributed by atoms with E-state index in [1.165, 1.54) is 5.56 Å². The fourth-order valence-electron chi connectivity index (χ4n) is 4.34. The van der Waals surface area contributed by atoms with Crippen LogP contribution in [0.5, 0.6) is 0 Å². The molecule has 0 unspecified atom stereocenters. The number of carbonyl (C=O) groups is 1. The Morgan fingerprint density at radius 2 is 1.57 bits per heavy atom. The summed E-state index contributed by atoms with van der Waals surface area (Å²) in [5.74, 6) is 0.164. The van der Waals surface area contributed by atoms with Gasteiger partial charge in [-0.3, -0.25) is 14.7 Å². The van der Waals surface area contributed by atoms with Crippen LogP contribution in [0, 0.1) is 5.41 Å². The van der Waals surface area contributed by atoms with Crippen molar-refractivity contribution in [3.05, 3.63) is 54.4 Å². The van der Waals surface area contributed by atoms with Gasteiger partial charge in [-0.2, -0.15) is 0 Å². The Morgan fingerprint density at radius 3 is 2.27 bits per heavy atom. The van der Waals surface area contributed by atoms with Crippen molar-refractivity contribution >= 4 is 5.91 Å². The highest BCUT2D eigenvalue weighted by Crippen LogP contribution is 2.35. The van der Waals surface area contributed by atoms with Gasteiger partial charge in [0.1, 0.15) is 0 Å². The Labute approximate surface area is 178 Å². The largest absolute Gasteiger partial charge is 0.381 e. The van der Waals surface area contributed by atoms with Crippen molar-refractivity contribution in [2.24, 2.45) is 5.41 Å². The van der Waals surface area contributed by atoms with Gasteiger partial charge in [0.05, 0.1) is 18.6 Å². The molecule has 2 aliphatic rings. The van der Waals surface area contributed by atoms with E-state index in [4.69, 9.17) is 9.47 Å². The van der Waals surface area contributed by atoms with Crippen LogP contribution in [0.2, 0.25) is 0 Å². The van der Waals surface area contributed by atoms with Crippen molar-refractivity contribution in [3.63, 3.8) is 0 Å². The van der Waals surface area contributed by atoms with Crippen LogP contribution >= 0.6 is 0 Å². The number of aromatic nitrogens is 1. The molecule has 0 saturated carbocycles. The van der Waals surface area contributed by atoms with Crippen LogP contribution in [-0.4, -0.2) is 68.4 Å². The van der Waals surface area contributed by atoms with Crippen molar-refractivity contribution in [1.29, 1.82) is 0 Å². The molecule has 160 valence electrons. The molecule has 2 saturated heterocycles. The molecule has 1 amide bonds. The number of morpholine rings is 1. The lowest BCUT2D eigenvalue weighted by atomic mass is 9.74. The molecule has 2 aromatic rings. The Hall–Kier alpha value is -2.28. The van der Waals surface area contributed by atoms with E-state index in [9.17, 15) is 4.79 Å². The van der Waals surface area contributed by atoms with Gasteiger partial charge in [0.25, 0.3) is 0 Å². The number of rotatable bonds is 7. The summed E-state index contributed by atoms with van der Waals surface area (Å²) in [6.07, 6.45) is 5.89. The standard InChI is InChI=1S/C24H31N3O3/c28-23(26-11-12-27-13-17-30-18-14-27)24(7-15-29-16-8-24)19-20-1-3-21(4-2-20)22-5-9-25-10-6-22/h1-6,9-10H,7-8,11-19H2,(H,26,28). The molecule has 1 aromatic carbocycles. The Kier molecular flexibility index (Phi) is 7.10. The zero-order valence-electron chi connectivity index (χ0n) is 17.5. The van der Waals surface area contributed by atoms with Gasteiger partial charge in [0.15, 0.2) is 0 Å². The maximum absolute atomic E-state index is 13.2. The molecule has 0 aliphatic carbocycles. The molecular formula is C24H31N3O3. The number of nitrogens with zero attached hydrogens (tertiary/aromatic N) is 2. The number of ether oxygens (including phenoxy) is 2. The summed E-state index contributed by atoms with van der Waals surface area (Å²) in [6.45, 7) is 6.30. The lowest BCUT2D eigenvalue weighted by Gasteiger charge is -2.36. The van der Waals surface area contributed by atoms with E-state index in [2.05, 4.69) is 39.5 Å².